The lowest BCUT2D eigenvalue weighted by Gasteiger charge is -2.04. The van der Waals surface area contributed by atoms with Crippen LogP contribution in [0.2, 0.25) is 0 Å². The summed E-state index contributed by atoms with van der Waals surface area (Å²) in [6, 6.07) is 13.6. The second-order valence-corrected chi connectivity index (χ2v) is 5.63. The van der Waals surface area contributed by atoms with Crippen LogP contribution in [-0.4, -0.2) is 39.3 Å². The summed E-state index contributed by atoms with van der Waals surface area (Å²) in [5.41, 5.74) is 3.48. The Kier molecular flexibility index (Phi) is 5.50. The fourth-order valence-corrected chi connectivity index (χ4v) is 2.13. The molecule has 0 aliphatic carbocycles. The minimum atomic E-state index is -4.41. The van der Waals surface area contributed by atoms with Crippen molar-refractivity contribution in [3.05, 3.63) is 42.5 Å². The van der Waals surface area contributed by atoms with Gasteiger partial charge in [0.05, 0.1) is 14.2 Å². The maximum absolute atomic E-state index is 9.22. The fourth-order valence-electron chi connectivity index (χ4n) is 2.13. The van der Waals surface area contributed by atoms with E-state index < -0.39 is 10.4 Å². The van der Waals surface area contributed by atoms with E-state index in [0.29, 0.717) is 0 Å². The van der Waals surface area contributed by atoms with Crippen LogP contribution < -0.4 is 14.3 Å². The van der Waals surface area contributed by atoms with Crippen molar-refractivity contribution in [3.8, 4) is 5.75 Å². The molecule has 128 valence electrons. The molecular formula is C15H16N2O6S. The number of nitrogens with zero attached hydrogens (tertiary/aromatic N) is 2. The number of benzene rings is 2. The summed E-state index contributed by atoms with van der Waals surface area (Å²) < 4.78 is 38.1. The van der Waals surface area contributed by atoms with Gasteiger partial charge in [-0.1, -0.05) is 18.2 Å². The van der Waals surface area contributed by atoms with Gasteiger partial charge >= 0.3 is 0 Å². The Bertz CT molecular complexity index is 959. The van der Waals surface area contributed by atoms with E-state index in [1.807, 2.05) is 42.5 Å². The molecule has 0 atom stereocenters. The van der Waals surface area contributed by atoms with Gasteiger partial charge in [-0.2, -0.15) is 0 Å². The minimum Gasteiger partial charge on any atom is -0.726 e. The summed E-state index contributed by atoms with van der Waals surface area (Å²) >= 11 is 0. The summed E-state index contributed by atoms with van der Waals surface area (Å²) in [5, 5.41) is 0. The van der Waals surface area contributed by atoms with Crippen LogP contribution in [0.5, 0.6) is 5.75 Å². The molecule has 1 heterocycles. The molecule has 1 aromatic heterocycles. The van der Waals surface area contributed by atoms with E-state index in [1.165, 1.54) is 0 Å². The number of ether oxygens (including phenoxy) is 1. The molecular weight excluding hydrogens is 336 g/mol. The number of rotatable bonds is 3. The molecule has 0 bridgehead atoms. The molecule has 0 aliphatic heterocycles. The van der Waals surface area contributed by atoms with Crippen molar-refractivity contribution in [2.24, 2.45) is 0 Å². The zero-order valence-electron chi connectivity index (χ0n) is 13.3. The minimum absolute atomic E-state index is 0.740. The van der Waals surface area contributed by atoms with Crippen molar-refractivity contribution >= 4 is 32.5 Å². The number of hydrogen-bond donors (Lipinski definition) is 0. The highest BCUT2D eigenvalue weighted by Gasteiger charge is 2.19. The third kappa shape index (κ3) is 3.88. The number of para-hydroxylation sites is 3. The van der Waals surface area contributed by atoms with Crippen molar-refractivity contribution in [2.75, 3.05) is 21.3 Å². The highest BCUT2D eigenvalue weighted by atomic mass is 32.3. The largest absolute Gasteiger partial charge is 0.726 e. The lowest BCUT2D eigenvalue weighted by Crippen LogP contribution is -2.42. The molecule has 0 aliphatic rings. The Labute approximate surface area is 139 Å². The molecule has 0 fully saturated rings. The predicted octanol–water partition coefficient (Wildman–Crippen LogP) is 0.836. The molecule has 0 spiro atoms. The first-order valence-corrected chi connectivity index (χ1v) is 8.08. The van der Waals surface area contributed by atoms with Gasteiger partial charge in [-0.05, 0) is 12.1 Å². The Morgan fingerprint density at radius 3 is 2.21 bits per heavy atom. The summed E-state index contributed by atoms with van der Waals surface area (Å²) in [6.07, 6.45) is 0. The van der Waals surface area contributed by atoms with Crippen LogP contribution in [0.3, 0.4) is 0 Å². The molecule has 8 nitrogen and oxygen atoms in total. The SMILES string of the molecule is COS(=O)(=O)[O-].COc1cccc2c1nc1ccccc1[n+]2OC. The molecule has 0 radical (unpaired) electrons. The summed E-state index contributed by atoms with van der Waals surface area (Å²) in [5.74, 6) is 0.740. The number of fused-ring (bicyclic) bond motifs is 2. The van der Waals surface area contributed by atoms with Gasteiger partial charge < -0.3 is 9.29 Å². The molecule has 0 saturated heterocycles. The number of aromatic nitrogens is 2. The first-order valence-electron chi connectivity index (χ1n) is 6.74. The van der Waals surface area contributed by atoms with Crippen LogP contribution in [0.25, 0.3) is 22.1 Å². The van der Waals surface area contributed by atoms with Gasteiger partial charge in [-0.3, -0.25) is 9.02 Å². The van der Waals surface area contributed by atoms with Crippen molar-refractivity contribution in [1.29, 1.82) is 0 Å². The lowest BCUT2D eigenvalue weighted by atomic mass is 10.2. The molecule has 3 rings (SSSR count). The van der Waals surface area contributed by atoms with E-state index in [-0.39, 0.29) is 0 Å². The van der Waals surface area contributed by atoms with Crippen LogP contribution in [0.15, 0.2) is 42.5 Å². The zero-order valence-corrected chi connectivity index (χ0v) is 14.1. The van der Waals surface area contributed by atoms with Crippen molar-refractivity contribution in [2.45, 2.75) is 0 Å². The van der Waals surface area contributed by atoms with Crippen molar-refractivity contribution < 1.29 is 31.5 Å². The Morgan fingerprint density at radius 1 is 1.00 bits per heavy atom. The van der Waals surface area contributed by atoms with E-state index in [9.17, 15) is 13.0 Å². The van der Waals surface area contributed by atoms with Gasteiger partial charge in [0.15, 0.2) is 11.3 Å². The van der Waals surface area contributed by atoms with Crippen LogP contribution in [0.1, 0.15) is 0 Å². The summed E-state index contributed by atoms with van der Waals surface area (Å²) in [4.78, 5) is 10.1. The van der Waals surface area contributed by atoms with E-state index in [4.69, 9.17) is 9.57 Å². The zero-order chi connectivity index (χ0) is 17.7. The molecule has 3 aromatic rings. The van der Waals surface area contributed by atoms with E-state index in [2.05, 4.69) is 9.17 Å². The van der Waals surface area contributed by atoms with Gasteiger partial charge in [0.1, 0.15) is 12.6 Å². The van der Waals surface area contributed by atoms with Gasteiger partial charge in [0.2, 0.25) is 10.4 Å². The maximum atomic E-state index is 9.22. The topological polar surface area (TPSA) is 102 Å². The second-order valence-electron chi connectivity index (χ2n) is 4.48. The highest BCUT2D eigenvalue weighted by molar-refractivity contribution is 7.80. The molecule has 2 aromatic carbocycles. The summed E-state index contributed by atoms with van der Waals surface area (Å²) in [7, 11) is -0.318. The maximum Gasteiger partial charge on any atom is 0.287 e. The fraction of sp³-hybridized carbons (Fsp3) is 0.200. The predicted molar refractivity (Wildman–Crippen MR) is 85.2 cm³/mol. The Balaban J connectivity index is 0.000000301. The second kappa shape index (κ2) is 7.39. The Morgan fingerprint density at radius 2 is 1.62 bits per heavy atom. The smallest absolute Gasteiger partial charge is 0.287 e. The third-order valence-electron chi connectivity index (χ3n) is 3.14. The summed E-state index contributed by atoms with van der Waals surface area (Å²) in [6.45, 7) is 0. The quantitative estimate of drug-likeness (QED) is 0.298. The van der Waals surface area contributed by atoms with Crippen LogP contribution in [0.4, 0.5) is 0 Å². The van der Waals surface area contributed by atoms with Gasteiger partial charge in [-0.15, -0.1) is 0 Å². The molecule has 0 amide bonds. The third-order valence-corrected chi connectivity index (χ3v) is 3.54. The highest BCUT2D eigenvalue weighted by Crippen LogP contribution is 2.23. The van der Waals surface area contributed by atoms with Crippen LogP contribution in [0, 0.1) is 0 Å². The van der Waals surface area contributed by atoms with Gasteiger partial charge in [0.25, 0.3) is 11.0 Å². The first kappa shape index (κ1) is 17.9. The van der Waals surface area contributed by atoms with Gasteiger partial charge in [0, 0.05) is 16.9 Å². The normalized spacial score (nSPS) is 11.0. The van der Waals surface area contributed by atoms with Crippen molar-refractivity contribution in [3.63, 3.8) is 0 Å². The van der Waals surface area contributed by atoms with Gasteiger partial charge in [-0.25, -0.2) is 13.4 Å². The average Bonchev–Trinajstić information content (AvgIpc) is 2.59. The van der Waals surface area contributed by atoms with E-state index in [1.54, 1.807) is 19.0 Å². The average molecular weight is 352 g/mol. The number of methoxy groups -OCH3 is 1. The monoisotopic (exact) mass is 352 g/mol. The molecule has 0 saturated carbocycles. The molecule has 24 heavy (non-hydrogen) atoms. The first-order chi connectivity index (χ1) is 11.4. The Hall–Kier alpha value is -2.49. The molecule has 0 unspecified atom stereocenters. The van der Waals surface area contributed by atoms with E-state index >= 15 is 0 Å². The standard InChI is InChI=1S/C14H13N2O2.CH4O4S/c1-17-13-9-5-8-12-14(13)15-10-6-3-4-7-11(10)16(12)18-2;1-5-6(2,3)4/h3-9H,1-2H3;1H3,(H,2,3,4)/q+1;/p-1. The molecule has 9 heteroatoms. The lowest BCUT2D eigenvalue weighted by molar-refractivity contribution is -0.844. The number of hydrogen-bond acceptors (Lipinski definition) is 7. The molecule has 0 N–H and O–H groups in total. The van der Waals surface area contributed by atoms with Crippen molar-refractivity contribution in [1.82, 2.24) is 4.98 Å². The van der Waals surface area contributed by atoms with Crippen LogP contribution in [-0.2, 0) is 14.6 Å². The van der Waals surface area contributed by atoms with Crippen LogP contribution >= 0.6 is 0 Å². The van der Waals surface area contributed by atoms with E-state index in [0.717, 1.165) is 34.9 Å².